The molecule has 0 aliphatic heterocycles. The zero-order valence-corrected chi connectivity index (χ0v) is 22.6. The van der Waals surface area contributed by atoms with Gasteiger partial charge in [-0.25, -0.2) is 9.59 Å². The fraction of sp³-hybridized carbons (Fsp3) is 0.300. The van der Waals surface area contributed by atoms with Gasteiger partial charge in [0, 0.05) is 11.3 Å². The van der Waals surface area contributed by atoms with E-state index in [0.717, 1.165) is 12.1 Å². The summed E-state index contributed by atoms with van der Waals surface area (Å²) in [5.74, 6) is -2.32. The van der Waals surface area contributed by atoms with E-state index in [1.165, 1.54) is 30.3 Å². The van der Waals surface area contributed by atoms with Gasteiger partial charge in [-0.3, -0.25) is 4.79 Å². The van der Waals surface area contributed by atoms with Crippen LogP contribution < -0.4 is 5.32 Å². The van der Waals surface area contributed by atoms with Crippen molar-refractivity contribution in [3.05, 3.63) is 95.6 Å². The van der Waals surface area contributed by atoms with E-state index in [2.05, 4.69) is 5.32 Å². The minimum absolute atomic E-state index is 0.0364. The Bertz CT molecular complexity index is 1300. The van der Waals surface area contributed by atoms with Crippen molar-refractivity contribution in [2.45, 2.75) is 6.18 Å². The minimum atomic E-state index is -4.49. The SMILES string of the molecule is O=C(OCCOCCOCCOCCOC(=O)c1ccccc1Nc1cccc(C(F)(F)F)c1)C(=O)c1ccccc1. The van der Waals surface area contributed by atoms with Gasteiger partial charge >= 0.3 is 18.1 Å². The molecule has 1 N–H and O–H groups in total. The predicted octanol–water partition coefficient (Wildman–Crippen LogP) is 5.08. The fourth-order valence-electron chi connectivity index (χ4n) is 3.48. The average Bonchev–Trinajstić information content (AvgIpc) is 2.99. The number of benzene rings is 3. The van der Waals surface area contributed by atoms with Gasteiger partial charge in [-0.15, -0.1) is 0 Å². The minimum Gasteiger partial charge on any atom is -0.460 e. The number of carbonyl (C=O) groups excluding carboxylic acids is 3. The molecule has 0 amide bonds. The Morgan fingerprint density at radius 2 is 1.21 bits per heavy atom. The monoisotopic (exact) mass is 589 g/mol. The second-order valence-corrected chi connectivity index (χ2v) is 8.55. The molecule has 0 bridgehead atoms. The van der Waals surface area contributed by atoms with Crippen molar-refractivity contribution in [1.82, 2.24) is 0 Å². The summed E-state index contributed by atoms with van der Waals surface area (Å²) < 4.78 is 65.1. The molecule has 0 fully saturated rings. The first-order valence-electron chi connectivity index (χ1n) is 13.0. The Balaban J connectivity index is 1.23. The molecule has 9 nitrogen and oxygen atoms in total. The fourth-order valence-corrected chi connectivity index (χ4v) is 3.48. The Labute approximate surface area is 240 Å². The number of nitrogens with one attached hydrogen (secondary N) is 1. The summed E-state index contributed by atoms with van der Waals surface area (Å²) >= 11 is 0. The number of halogens is 3. The van der Waals surface area contributed by atoms with Crippen molar-refractivity contribution in [3.8, 4) is 0 Å². The molecule has 3 aromatic rings. The summed E-state index contributed by atoms with van der Waals surface area (Å²) in [6.45, 7) is 1.14. The van der Waals surface area contributed by atoms with Crippen LogP contribution >= 0.6 is 0 Å². The van der Waals surface area contributed by atoms with Crippen LogP contribution in [0.3, 0.4) is 0 Å². The van der Waals surface area contributed by atoms with Crippen LogP contribution in [-0.4, -0.2) is 70.6 Å². The molecule has 0 aromatic heterocycles. The Morgan fingerprint density at radius 1 is 0.643 bits per heavy atom. The van der Waals surface area contributed by atoms with Crippen LogP contribution in [0.15, 0.2) is 78.9 Å². The van der Waals surface area contributed by atoms with Gasteiger partial charge in [-0.2, -0.15) is 13.2 Å². The maximum atomic E-state index is 13.0. The largest absolute Gasteiger partial charge is 0.460 e. The van der Waals surface area contributed by atoms with Crippen LogP contribution in [0.4, 0.5) is 24.5 Å². The highest BCUT2D eigenvalue weighted by molar-refractivity contribution is 6.40. The third-order valence-corrected chi connectivity index (χ3v) is 5.50. The molecular weight excluding hydrogens is 559 g/mol. The summed E-state index contributed by atoms with van der Waals surface area (Å²) in [4.78, 5) is 36.1. The maximum absolute atomic E-state index is 13.0. The quantitative estimate of drug-likeness (QED) is 0.0998. The van der Waals surface area contributed by atoms with Crippen LogP contribution in [0.1, 0.15) is 26.3 Å². The van der Waals surface area contributed by atoms with Crippen LogP contribution in [-0.2, 0) is 34.7 Å². The van der Waals surface area contributed by atoms with E-state index in [1.807, 2.05) is 0 Å². The van der Waals surface area contributed by atoms with Gasteiger partial charge in [0.2, 0.25) is 0 Å². The van der Waals surface area contributed by atoms with E-state index in [4.69, 9.17) is 23.7 Å². The number of hydrogen-bond acceptors (Lipinski definition) is 9. The van der Waals surface area contributed by atoms with Crippen LogP contribution in [0.25, 0.3) is 0 Å². The molecule has 0 radical (unpaired) electrons. The van der Waals surface area contributed by atoms with Gasteiger partial charge < -0.3 is 29.0 Å². The van der Waals surface area contributed by atoms with Crippen LogP contribution in [0, 0.1) is 0 Å². The normalized spacial score (nSPS) is 11.1. The van der Waals surface area contributed by atoms with E-state index in [0.29, 0.717) is 5.69 Å². The topological polar surface area (TPSA) is 109 Å². The summed E-state index contributed by atoms with van der Waals surface area (Å²) in [7, 11) is 0. The molecule has 0 unspecified atom stereocenters. The number of alkyl halides is 3. The number of anilines is 2. The van der Waals surface area contributed by atoms with Crippen LogP contribution in [0.5, 0.6) is 0 Å². The second kappa shape index (κ2) is 16.9. The van der Waals surface area contributed by atoms with E-state index in [9.17, 15) is 27.6 Å². The lowest BCUT2D eigenvalue weighted by molar-refractivity contribution is -0.140. The Hall–Kier alpha value is -4.26. The molecule has 3 rings (SSSR count). The Kier molecular flexibility index (Phi) is 13.0. The molecule has 0 aliphatic carbocycles. The number of rotatable bonds is 17. The highest BCUT2D eigenvalue weighted by atomic mass is 19.4. The van der Waals surface area contributed by atoms with Crippen molar-refractivity contribution in [2.75, 3.05) is 58.2 Å². The van der Waals surface area contributed by atoms with E-state index in [1.54, 1.807) is 36.4 Å². The van der Waals surface area contributed by atoms with E-state index < -0.39 is 29.5 Å². The van der Waals surface area contributed by atoms with Gasteiger partial charge in [0.1, 0.15) is 13.2 Å². The van der Waals surface area contributed by atoms with Crippen molar-refractivity contribution >= 4 is 29.1 Å². The van der Waals surface area contributed by atoms with Crippen molar-refractivity contribution < 1.29 is 51.2 Å². The first-order chi connectivity index (χ1) is 20.3. The van der Waals surface area contributed by atoms with Crippen LogP contribution in [0.2, 0.25) is 0 Å². The van der Waals surface area contributed by atoms with Gasteiger partial charge in [-0.1, -0.05) is 48.5 Å². The smallest absolute Gasteiger partial charge is 0.416 e. The second-order valence-electron chi connectivity index (χ2n) is 8.55. The zero-order chi connectivity index (χ0) is 30.2. The van der Waals surface area contributed by atoms with Gasteiger partial charge in [-0.05, 0) is 30.3 Å². The number of ketones is 1. The molecule has 224 valence electrons. The molecule has 0 atom stereocenters. The number of Topliss-reactive ketones (excluding diaryl/α,β-unsaturated/α-hetero) is 1. The number of ether oxygens (including phenoxy) is 5. The predicted molar refractivity (Wildman–Crippen MR) is 146 cm³/mol. The Morgan fingerprint density at radius 3 is 1.86 bits per heavy atom. The van der Waals surface area contributed by atoms with Crippen molar-refractivity contribution in [1.29, 1.82) is 0 Å². The number of carbonyl (C=O) groups is 3. The standard InChI is InChI=1S/C30H30F3NO8/c31-30(32,33)23-9-6-10-24(21-23)34-26-12-5-4-11-25(26)28(36)41-19-17-39-15-13-38-14-16-40-18-20-42-29(37)27(35)22-7-2-1-3-8-22/h1-12,21,34H,13-20H2. The van der Waals surface area contributed by atoms with E-state index in [-0.39, 0.29) is 69.7 Å². The molecule has 0 aliphatic rings. The highest BCUT2D eigenvalue weighted by Crippen LogP contribution is 2.32. The summed E-state index contributed by atoms with van der Waals surface area (Å²) in [5.41, 5.74) is 0.0928. The van der Waals surface area contributed by atoms with Gasteiger partial charge in [0.15, 0.2) is 0 Å². The first-order valence-corrected chi connectivity index (χ1v) is 13.0. The molecule has 0 saturated heterocycles. The summed E-state index contributed by atoms with van der Waals surface area (Å²) in [6, 6.07) is 19.1. The van der Waals surface area contributed by atoms with Crippen molar-refractivity contribution in [3.63, 3.8) is 0 Å². The number of esters is 2. The third-order valence-electron chi connectivity index (χ3n) is 5.50. The van der Waals surface area contributed by atoms with Gasteiger partial charge in [0.25, 0.3) is 5.78 Å². The lowest BCUT2D eigenvalue weighted by atomic mass is 10.1. The number of para-hydroxylation sites is 1. The molecule has 12 heteroatoms. The molecule has 0 saturated carbocycles. The highest BCUT2D eigenvalue weighted by Gasteiger charge is 2.30. The number of hydrogen-bond donors (Lipinski definition) is 1. The molecular formula is C30H30F3NO8. The lowest BCUT2D eigenvalue weighted by Gasteiger charge is -2.13. The summed E-state index contributed by atoms with van der Waals surface area (Å²) in [5, 5.41) is 2.83. The molecule has 42 heavy (non-hydrogen) atoms. The van der Waals surface area contributed by atoms with E-state index >= 15 is 0 Å². The molecule has 0 heterocycles. The first kappa shape index (κ1) is 32.3. The van der Waals surface area contributed by atoms with Gasteiger partial charge in [0.05, 0.1) is 56.5 Å². The summed E-state index contributed by atoms with van der Waals surface area (Å²) in [6.07, 6.45) is -4.49. The molecule has 3 aromatic carbocycles. The third kappa shape index (κ3) is 11.0. The maximum Gasteiger partial charge on any atom is 0.416 e. The molecule has 0 spiro atoms. The van der Waals surface area contributed by atoms with Crippen molar-refractivity contribution in [2.24, 2.45) is 0 Å². The average molecular weight is 590 g/mol. The zero-order valence-electron chi connectivity index (χ0n) is 22.6. The lowest BCUT2D eigenvalue weighted by Crippen LogP contribution is -2.20.